The van der Waals surface area contributed by atoms with Crippen LogP contribution in [0.15, 0.2) is 0 Å². The molecule has 2 saturated heterocycles. The second-order valence-electron chi connectivity index (χ2n) is 5.46. The van der Waals surface area contributed by atoms with E-state index in [0.29, 0.717) is 0 Å². The zero-order valence-corrected chi connectivity index (χ0v) is 14.1. The summed E-state index contributed by atoms with van der Waals surface area (Å²) in [6.07, 6.45) is -9.39. The average Bonchev–Trinajstić information content (AvgIpc) is 2.80. The fourth-order valence-electron chi connectivity index (χ4n) is 2.56. The Balaban J connectivity index is 2.18. The molecule has 23 heavy (non-hydrogen) atoms. The van der Waals surface area contributed by atoms with Crippen LogP contribution in [0.4, 0.5) is 0 Å². The molecule has 2 fully saturated rings. The third-order valence-electron chi connectivity index (χ3n) is 3.96. The van der Waals surface area contributed by atoms with Gasteiger partial charge in [0.25, 0.3) is 0 Å². The molecule has 11 heteroatoms. The van der Waals surface area contributed by atoms with Crippen LogP contribution in [-0.4, -0.2) is 98.0 Å². The molecule has 2 aliphatic rings. The predicted molar refractivity (Wildman–Crippen MR) is 79.5 cm³/mol. The van der Waals surface area contributed by atoms with E-state index in [-0.39, 0.29) is 5.88 Å². The summed E-state index contributed by atoms with van der Waals surface area (Å²) < 4.78 is 16.1. The number of hydrogen-bond acceptors (Lipinski definition) is 8. The van der Waals surface area contributed by atoms with E-state index in [2.05, 4.69) is 0 Å². The van der Waals surface area contributed by atoms with E-state index in [0.717, 1.165) is 0 Å². The first kappa shape index (κ1) is 19.9. The fraction of sp³-hybridized carbons (Fsp3) is 1.00. The lowest BCUT2D eigenvalue weighted by Gasteiger charge is -2.43. The molecule has 136 valence electrons. The van der Waals surface area contributed by atoms with E-state index in [9.17, 15) is 25.5 Å². The SMILES string of the molecule is OC[C@H]1O[C@H](O[C@@]2(CCl)O[C@H](CCl)[C@@H](O)[C@@H]2O)[C@H](O)[C@@H](O)[C@H]1Cl. The largest absolute Gasteiger partial charge is 0.394 e. The Kier molecular flexibility index (Phi) is 6.77. The van der Waals surface area contributed by atoms with Gasteiger partial charge in [0, 0.05) is 0 Å². The molecule has 0 aromatic carbocycles. The molecule has 2 rings (SSSR count). The monoisotopic (exact) mass is 396 g/mol. The summed E-state index contributed by atoms with van der Waals surface area (Å²) in [5.41, 5.74) is 0. The van der Waals surface area contributed by atoms with Gasteiger partial charge < -0.3 is 39.7 Å². The molecule has 8 nitrogen and oxygen atoms in total. The van der Waals surface area contributed by atoms with Gasteiger partial charge in [-0.25, -0.2) is 0 Å². The van der Waals surface area contributed by atoms with E-state index in [4.69, 9.17) is 49.0 Å². The molecule has 5 N–H and O–H groups in total. The van der Waals surface area contributed by atoms with Crippen LogP contribution in [0.1, 0.15) is 0 Å². The molecule has 0 spiro atoms. The number of aliphatic hydroxyl groups excluding tert-OH is 5. The number of alkyl halides is 3. The molecule has 0 amide bonds. The summed E-state index contributed by atoms with van der Waals surface area (Å²) in [6.45, 7) is -0.526. The lowest BCUT2D eigenvalue weighted by molar-refractivity contribution is -0.357. The molecule has 9 atom stereocenters. The van der Waals surface area contributed by atoms with Crippen molar-refractivity contribution in [2.75, 3.05) is 18.4 Å². The van der Waals surface area contributed by atoms with E-state index >= 15 is 0 Å². The third-order valence-corrected chi connectivity index (χ3v) is 5.17. The van der Waals surface area contributed by atoms with E-state index in [1.54, 1.807) is 0 Å². The summed E-state index contributed by atoms with van der Waals surface area (Å²) in [7, 11) is 0. The Morgan fingerprint density at radius 1 is 1.00 bits per heavy atom. The first-order chi connectivity index (χ1) is 10.8. The number of ether oxygens (including phenoxy) is 3. The van der Waals surface area contributed by atoms with Crippen molar-refractivity contribution in [3.63, 3.8) is 0 Å². The molecular weight excluding hydrogens is 378 g/mol. The van der Waals surface area contributed by atoms with Crippen molar-refractivity contribution >= 4 is 34.8 Å². The van der Waals surface area contributed by atoms with Gasteiger partial charge in [0.2, 0.25) is 5.79 Å². The van der Waals surface area contributed by atoms with Crippen LogP contribution in [0.3, 0.4) is 0 Å². The van der Waals surface area contributed by atoms with Gasteiger partial charge >= 0.3 is 0 Å². The van der Waals surface area contributed by atoms with Gasteiger partial charge in [-0.3, -0.25) is 0 Å². The van der Waals surface area contributed by atoms with Crippen molar-refractivity contribution in [3.05, 3.63) is 0 Å². The third kappa shape index (κ3) is 3.58. The highest BCUT2D eigenvalue weighted by molar-refractivity contribution is 6.21. The molecule has 0 bridgehead atoms. The number of aliphatic hydroxyl groups is 5. The van der Waals surface area contributed by atoms with Gasteiger partial charge in [0.1, 0.15) is 36.6 Å². The molecule has 2 heterocycles. The number of rotatable bonds is 5. The highest BCUT2D eigenvalue weighted by Gasteiger charge is 2.58. The van der Waals surface area contributed by atoms with Gasteiger partial charge in [-0.05, 0) is 0 Å². The zero-order chi connectivity index (χ0) is 17.4. The van der Waals surface area contributed by atoms with Gasteiger partial charge in [-0.1, -0.05) is 0 Å². The van der Waals surface area contributed by atoms with E-state index < -0.39 is 66.6 Å². The Labute approximate surface area is 147 Å². The molecular formula is C12H19Cl3O8. The molecule has 0 unspecified atom stereocenters. The minimum Gasteiger partial charge on any atom is -0.394 e. The lowest BCUT2D eigenvalue weighted by atomic mass is 10.0. The Bertz CT molecular complexity index is 403. The molecule has 0 saturated carbocycles. The molecule has 2 aliphatic heterocycles. The summed E-state index contributed by atoms with van der Waals surface area (Å²) in [6, 6.07) is 0. The van der Waals surface area contributed by atoms with Crippen molar-refractivity contribution in [1.82, 2.24) is 0 Å². The van der Waals surface area contributed by atoms with Gasteiger partial charge in [0.05, 0.1) is 23.7 Å². The van der Waals surface area contributed by atoms with Crippen LogP contribution in [0.2, 0.25) is 0 Å². The van der Waals surface area contributed by atoms with Crippen molar-refractivity contribution in [1.29, 1.82) is 0 Å². The van der Waals surface area contributed by atoms with Crippen LogP contribution >= 0.6 is 34.8 Å². The first-order valence-corrected chi connectivity index (χ1v) is 8.42. The van der Waals surface area contributed by atoms with Crippen LogP contribution in [0, 0.1) is 0 Å². The second-order valence-corrected chi connectivity index (χ2v) is 6.54. The molecule has 0 aliphatic carbocycles. The summed E-state index contributed by atoms with van der Waals surface area (Å²) in [5, 5.41) is 48.1. The van der Waals surface area contributed by atoms with E-state index in [1.165, 1.54) is 0 Å². The smallest absolute Gasteiger partial charge is 0.214 e. The predicted octanol–water partition coefficient (Wildman–Crippen LogP) is -1.66. The minimum absolute atomic E-state index is 0.125. The Hall–Kier alpha value is 0.550. The quantitative estimate of drug-likeness (QED) is 0.349. The standard InChI is InChI=1S/C12H19Cl3O8/c13-1-4-7(17)10(20)12(3-14,22-4)23-11-9(19)8(18)6(15)5(2-16)21-11/h4-11,16-20H,1-3H2/t4-,5-,6+,7-,8+,9-,10+,11-,12-/m1/s1. The van der Waals surface area contributed by atoms with Gasteiger partial charge in [-0.2, -0.15) is 0 Å². The maximum absolute atomic E-state index is 10.1. The Morgan fingerprint density at radius 3 is 2.13 bits per heavy atom. The summed E-state index contributed by atoms with van der Waals surface area (Å²) in [5.74, 6) is -2.43. The summed E-state index contributed by atoms with van der Waals surface area (Å²) >= 11 is 17.3. The van der Waals surface area contributed by atoms with Crippen molar-refractivity contribution in [2.24, 2.45) is 0 Å². The van der Waals surface area contributed by atoms with E-state index in [1.807, 2.05) is 0 Å². The van der Waals surface area contributed by atoms with Crippen molar-refractivity contribution < 1.29 is 39.7 Å². The van der Waals surface area contributed by atoms with Gasteiger partial charge in [0.15, 0.2) is 6.29 Å². The zero-order valence-electron chi connectivity index (χ0n) is 11.8. The lowest BCUT2D eigenvalue weighted by Crippen LogP contribution is -2.61. The van der Waals surface area contributed by atoms with Crippen LogP contribution in [0.5, 0.6) is 0 Å². The highest BCUT2D eigenvalue weighted by atomic mass is 35.5. The topological polar surface area (TPSA) is 129 Å². The Morgan fingerprint density at radius 2 is 1.65 bits per heavy atom. The van der Waals surface area contributed by atoms with Crippen LogP contribution in [0.25, 0.3) is 0 Å². The molecule has 0 aromatic heterocycles. The van der Waals surface area contributed by atoms with Crippen LogP contribution in [-0.2, 0) is 14.2 Å². The maximum atomic E-state index is 10.1. The number of hydrogen-bond donors (Lipinski definition) is 5. The first-order valence-electron chi connectivity index (χ1n) is 6.91. The molecule has 0 radical (unpaired) electrons. The van der Waals surface area contributed by atoms with Crippen LogP contribution < -0.4 is 0 Å². The fourth-order valence-corrected chi connectivity index (χ4v) is 3.37. The summed E-state index contributed by atoms with van der Waals surface area (Å²) in [4.78, 5) is 0. The highest BCUT2D eigenvalue weighted by Crippen LogP contribution is 2.37. The average molecular weight is 398 g/mol. The number of halogens is 3. The van der Waals surface area contributed by atoms with Crippen molar-refractivity contribution in [3.8, 4) is 0 Å². The molecule has 0 aromatic rings. The maximum Gasteiger partial charge on any atom is 0.214 e. The second kappa shape index (κ2) is 7.84. The van der Waals surface area contributed by atoms with Gasteiger partial charge in [-0.15, -0.1) is 34.8 Å². The minimum atomic E-state index is -1.90. The van der Waals surface area contributed by atoms with Crippen molar-refractivity contribution in [2.45, 2.75) is 54.1 Å². The normalized spacial score (nSPS) is 51.1.